The van der Waals surface area contributed by atoms with E-state index < -0.39 is 40.4 Å². The summed E-state index contributed by atoms with van der Waals surface area (Å²) in [4.78, 5) is 11.1. The van der Waals surface area contributed by atoms with Crippen LogP contribution >= 0.6 is 0 Å². The Kier molecular flexibility index (Phi) is 6.60. The van der Waals surface area contributed by atoms with Gasteiger partial charge in [0.25, 0.3) is 0 Å². The highest BCUT2D eigenvalue weighted by atomic mass is 32.2. The van der Waals surface area contributed by atoms with Crippen molar-refractivity contribution in [1.82, 2.24) is 4.31 Å². The number of rotatable bonds is 6. The molecule has 34 heavy (non-hydrogen) atoms. The van der Waals surface area contributed by atoms with Gasteiger partial charge in [-0.25, -0.2) is 13.2 Å². The van der Waals surface area contributed by atoms with E-state index in [2.05, 4.69) is 4.74 Å². The number of halogens is 3. The van der Waals surface area contributed by atoms with Crippen molar-refractivity contribution in [3.8, 4) is 17.2 Å². The summed E-state index contributed by atoms with van der Waals surface area (Å²) in [6.45, 7) is 0.435. The van der Waals surface area contributed by atoms with Crippen molar-refractivity contribution in [2.24, 2.45) is 5.92 Å². The van der Waals surface area contributed by atoms with Crippen molar-refractivity contribution in [2.75, 3.05) is 13.2 Å². The Balaban J connectivity index is 1.48. The average Bonchev–Trinajstić information content (AvgIpc) is 3.24. The molecule has 184 valence electrons. The van der Waals surface area contributed by atoms with Gasteiger partial charge in [0.15, 0.2) is 6.23 Å². The predicted molar refractivity (Wildman–Crippen MR) is 109 cm³/mol. The van der Waals surface area contributed by atoms with Crippen molar-refractivity contribution in [3.63, 3.8) is 0 Å². The minimum atomic E-state index is -4.81. The Morgan fingerprint density at radius 1 is 1.00 bits per heavy atom. The average molecular weight is 503 g/mol. The van der Waals surface area contributed by atoms with Gasteiger partial charge in [-0.3, -0.25) is 0 Å². The smallest absolute Gasteiger partial charge is 0.457 e. The lowest BCUT2D eigenvalue weighted by Gasteiger charge is -2.39. The van der Waals surface area contributed by atoms with Crippen molar-refractivity contribution in [3.05, 3.63) is 48.5 Å². The molecule has 2 fully saturated rings. The zero-order valence-electron chi connectivity index (χ0n) is 17.5. The molecule has 0 bridgehead atoms. The van der Waals surface area contributed by atoms with Crippen LogP contribution in [0.15, 0.2) is 53.4 Å². The van der Waals surface area contributed by atoms with E-state index in [9.17, 15) is 26.4 Å². The summed E-state index contributed by atoms with van der Waals surface area (Å²) < 4.78 is 84.2. The van der Waals surface area contributed by atoms with Gasteiger partial charge in [-0.1, -0.05) is 0 Å². The number of sulfonamides is 1. The largest absolute Gasteiger partial charge is 0.573 e. The van der Waals surface area contributed by atoms with Crippen LogP contribution in [-0.4, -0.2) is 55.8 Å². The second-order valence-corrected chi connectivity index (χ2v) is 9.52. The third kappa shape index (κ3) is 5.37. The lowest BCUT2D eigenvalue weighted by atomic mass is 9.93. The van der Waals surface area contributed by atoms with Crippen LogP contribution in [0.2, 0.25) is 0 Å². The minimum Gasteiger partial charge on any atom is -0.457 e. The van der Waals surface area contributed by atoms with E-state index in [1.807, 2.05) is 0 Å². The number of ether oxygens (including phenoxy) is 4. The summed E-state index contributed by atoms with van der Waals surface area (Å²) in [5.74, 6) is -0.351. The molecule has 2 aromatic rings. The van der Waals surface area contributed by atoms with Crippen LogP contribution in [0.3, 0.4) is 0 Å². The zero-order valence-corrected chi connectivity index (χ0v) is 18.3. The maximum Gasteiger partial charge on any atom is 0.573 e. The molecule has 3 unspecified atom stereocenters. The quantitative estimate of drug-likeness (QED) is 0.584. The highest BCUT2D eigenvalue weighted by Crippen LogP contribution is 2.37. The molecule has 2 saturated heterocycles. The van der Waals surface area contributed by atoms with Crippen LogP contribution in [-0.2, 0) is 19.5 Å². The maximum atomic E-state index is 13.3. The van der Waals surface area contributed by atoms with E-state index in [0.717, 1.165) is 16.4 Å². The van der Waals surface area contributed by atoms with Crippen LogP contribution in [0.4, 0.5) is 18.0 Å². The molecule has 3 atom stereocenters. The lowest BCUT2D eigenvalue weighted by Crippen LogP contribution is -2.53. The van der Waals surface area contributed by atoms with Gasteiger partial charge >= 0.3 is 12.5 Å². The molecule has 1 N–H and O–H groups in total. The standard InChI is InChI=1S/C21H20F3NO8S/c22-21(23,24)33-15-3-1-13(2-4-15)31-14-5-7-16(8-6-14)34(28,29)25-11-9-18-17(10-12-30-18)19(25)32-20(26)27/h1-8,17-19H,9-12H2,(H,26,27). The van der Waals surface area contributed by atoms with Crippen LogP contribution in [0, 0.1) is 5.92 Å². The number of carbonyl (C=O) groups is 1. The number of nitrogens with zero attached hydrogens (tertiary/aromatic N) is 1. The van der Waals surface area contributed by atoms with Gasteiger partial charge in [0.1, 0.15) is 17.2 Å². The molecule has 0 aromatic heterocycles. The fourth-order valence-corrected chi connectivity index (χ4v) is 5.62. The third-order valence-corrected chi connectivity index (χ3v) is 7.37. The first-order valence-corrected chi connectivity index (χ1v) is 11.6. The van der Waals surface area contributed by atoms with Crippen molar-refractivity contribution in [2.45, 2.75) is 36.4 Å². The summed E-state index contributed by atoms with van der Waals surface area (Å²) in [5.41, 5.74) is 0. The Bertz CT molecular complexity index is 1120. The Morgan fingerprint density at radius 2 is 1.59 bits per heavy atom. The molecule has 2 heterocycles. The Morgan fingerprint density at radius 3 is 2.18 bits per heavy atom. The highest BCUT2D eigenvalue weighted by molar-refractivity contribution is 7.89. The first kappa shape index (κ1) is 24.1. The number of hydrogen-bond acceptors (Lipinski definition) is 7. The minimum absolute atomic E-state index is 0.0338. The summed E-state index contributed by atoms with van der Waals surface area (Å²) in [5, 5.41) is 9.12. The van der Waals surface area contributed by atoms with E-state index in [0.29, 0.717) is 19.4 Å². The summed E-state index contributed by atoms with van der Waals surface area (Å²) in [7, 11) is -4.10. The second-order valence-electron chi connectivity index (χ2n) is 7.63. The normalized spacial score (nSPS) is 23.2. The number of hydrogen-bond donors (Lipinski definition) is 1. The molecular weight excluding hydrogens is 483 g/mol. The molecule has 2 aliphatic rings. The molecule has 4 rings (SSSR count). The lowest BCUT2D eigenvalue weighted by molar-refractivity contribution is -0.274. The predicted octanol–water partition coefficient (Wildman–Crippen LogP) is 4.20. The van der Waals surface area contributed by atoms with Crippen molar-refractivity contribution < 1.29 is 50.4 Å². The monoisotopic (exact) mass is 503 g/mol. The molecule has 9 nitrogen and oxygen atoms in total. The summed E-state index contributed by atoms with van der Waals surface area (Å²) in [6, 6.07) is 10.1. The molecule has 0 spiro atoms. The molecule has 2 aliphatic heterocycles. The van der Waals surface area contributed by atoms with Gasteiger partial charge in [-0.2, -0.15) is 4.31 Å². The number of alkyl halides is 3. The van der Waals surface area contributed by atoms with Crippen LogP contribution < -0.4 is 9.47 Å². The van der Waals surface area contributed by atoms with E-state index in [4.69, 9.17) is 19.3 Å². The number of piperidine rings is 1. The summed E-state index contributed by atoms with van der Waals surface area (Å²) >= 11 is 0. The number of carboxylic acid groups (broad SMARTS) is 1. The van der Waals surface area contributed by atoms with Gasteiger partial charge in [-0.05, 0) is 61.4 Å². The third-order valence-electron chi connectivity index (χ3n) is 5.49. The van der Waals surface area contributed by atoms with Gasteiger partial charge in [0.2, 0.25) is 10.0 Å². The number of fused-ring (bicyclic) bond motifs is 1. The highest BCUT2D eigenvalue weighted by Gasteiger charge is 2.48. The van der Waals surface area contributed by atoms with Crippen LogP contribution in [0.1, 0.15) is 12.8 Å². The maximum absolute atomic E-state index is 13.3. The fraction of sp³-hybridized carbons (Fsp3) is 0.381. The first-order valence-electron chi connectivity index (χ1n) is 10.2. The molecule has 0 radical (unpaired) electrons. The molecule has 13 heteroatoms. The van der Waals surface area contributed by atoms with Crippen molar-refractivity contribution in [1.29, 1.82) is 0 Å². The van der Waals surface area contributed by atoms with E-state index >= 15 is 0 Å². The van der Waals surface area contributed by atoms with Crippen molar-refractivity contribution >= 4 is 16.2 Å². The molecule has 0 amide bonds. The van der Waals surface area contributed by atoms with Gasteiger partial charge in [-0.15, -0.1) is 13.2 Å². The molecule has 0 saturated carbocycles. The molecular formula is C21H20F3NO8S. The molecule has 0 aliphatic carbocycles. The first-order chi connectivity index (χ1) is 16.0. The van der Waals surface area contributed by atoms with E-state index in [1.165, 1.54) is 36.4 Å². The van der Waals surface area contributed by atoms with Crippen LogP contribution in [0.25, 0.3) is 0 Å². The molecule has 2 aromatic carbocycles. The Labute approximate surface area is 192 Å². The number of benzene rings is 2. The van der Waals surface area contributed by atoms with Gasteiger partial charge in [0, 0.05) is 19.1 Å². The van der Waals surface area contributed by atoms with Gasteiger partial charge < -0.3 is 24.1 Å². The SMILES string of the molecule is O=C(O)OC1C2CCOC2CCN1S(=O)(=O)c1ccc(Oc2ccc(OC(F)(F)F)cc2)cc1. The Hall–Kier alpha value is -3.03. The van der Waals surface area contributed by atoms with E-state index in [1.54, 1.807) is 0 Å². The summed E-state index contributed by atoms with van der Waals surface area (Å²) in [6.07, 6.45) is -6.95. The fourth-order valence-electron chi connectivity index (χ4n) is 4.05. The second kappa shape index (κ2) is 9.31. The zero-order chi connectivity index (χ0) is 24.5. The van der Waals surface area contributed by atoms with E-state index in [-0.39, 0.29) is 29.0 Å². The topological polar surface area (TPSA) is 112 Å². The van der Waals surface area contributed by atoms with Crippen LogP contribution in [0.5, 0.6) is 17.2 Å². The van der Waals surface area contributed by atoms with Gasteiger partial charge in [0.05, 0.1) is 11.0 Å².